The molecule has 0 radical (unpaired) electrons. The van der Waals surface area contributed by atoms with Gasteiger partial charge in [0.15, 0.2) is 0 Å². The largest absolute Gasteiger partial charge is 0.480 e. The van der Waals surface area contributed by atoms with Crippen molar-refractivity contribution in [1.29, 1.82) is 0 Å². The summed E-state index contributed by atoms with van der Waals surface area (Å²) in [5.41, 5.74) is 1.21. The summed E-state index contributed by atoms with van der Waals surface area (Å²) in [6.45, 7) is 5.76. The van der Waals surface area contributed by atoms with Crippen molar-refractivity contribution in [3.05, 3.63) is 34.9 Å². The average Bonchev–Trinajstić information content (AvgIpc) is 2.69. The molecule has 0 amide bonds. The Kier molecular flexibility index (Phi) is 3.32. The number of fused-ring (bicyclic) bond motifs is 1. The van der Waals surface area contributed by atoms with E-state index in [1.807, 2.05) is 0 Å². The summed E-state index contributed by atoms with van der Waals surface area (Å²) < 4.78 is 5.33. The van der Waals surface area contributed by atoms with Gasteiger partial charge in [-0.25, -0.2) is 4.79 Å². The first-order chi connectivity index (χ1) is 8.79. The lowest BCUT2D eigenvalue weighted by molar-refractivity contribution is -0.139. The van der Waals surface area contributed by atoms with Crippen LogP contribution < -0.4 is 5.32 Å². The van der Waals surface area contributed by atoms with Gasteiger partial charge in [-0.2, -0.15) is 0 Å². The van der Waals surface area contributed by atoms with E-state index in [1.165, 1.54) is 0 Å². The molecule has 2 rings (SSSR count). The fourth-order valence-corrected chi connectivity index (χ4v) is 2.13. The molecule has 5 nitrogen and oxygen atoms in total. The Hall–Kier alpha value is -1.88. The monoisotopic (exact) mass is 263 g/mol. The molecule has 0 aliphatic carbocycles. The maximum absolute atomic E-state index is 12.1. The van der Waals surface area contributed by atoms with E-state index in [0.717, 1.165) is 0 Å². The molecular weight excluding hydrogens is 246 g/mol. The number of nitrogens with one attached hydrogen (secondary N) is 1. The molecule has 0 saturated carbocycles. The van der Waals surface area contributed by atoms with Gasteiger partial charge in [0, 0.05) is 6.54 Å². The van der Waals surface area contributed by atoms with Crippen LogP contribution in [0.25, 0.3) is 0 Å². The number of esters is 1. The van der Waals surface area contributed by atoms with Gasteiger partial charge in [0.2, 0.25) is 0 Å². The number of carboxylic acid groups (broad SMARTS) is 1. The van der Waals surface area contributed by atoms with Gasteiger partial charge in [0.1, 0.15) is 11.6 Å². The maximum Gasteiger partial charge on any atom is 0.338 e. The molecule has 0 unspecified atom stereocenters. The molecule has 0 saturated heterocycles. The SMILES string of the molecule is CC(C)(C)OC(=O)c1cccc2c1CN[C@H]2C(=O)O. The number of ether oxygens (including phenoxy) is 1. The number of carbonyl (C=O) groups excluding carboxylic acids is 1. The van der Waals surface area contributed by atoms with E-state index in [9.17, 15) is 9.59 Å². The molecule has 1 atom stereocenters. The van der Waals surface area contributed by atoms with Crippen LogP contribution in [-0.2, 0) is 16.1 Å². The molecule has 0 spiro atoms. The third-order valence-corrected chi connectivity index (χ3v) is 2.87. The van der Waals surface area contributed by atoms with Crippen molar-refractivity contribution in [2.45, 2.75) is 39.0 Å². The van der Waals surface area contributed by atoms with E-state index in [2.05, 4.69) is 5.32 Å². The van der Waals surface area contributed by atoms with Crippen LogP contribution in [0.4, 0.5) is 0 Å². The number of carboxylic acids is 1. The van der Waals surface area contributed by atoms with E-state index < -0.39 is 23.6 Å². The van der Waals surface area contributed by atoms with Gasteiger partial charge in [0.25, 0.3) is 0 Å². The van der Waals surface area contributed by atoms with E-state index in [4.69, 9.17) is 9.84 Å². The summed E-state index contributed by atoms with van der Waals surface area (Å²) in [5.74, 6) is -1.36. The van der Waals surface area contributed by atoms with Crippen LogP contribution in [0.2, 0.25) is 0 Å². The maximum atomic E-state index is 12.1. The Balaban J connectivity index is 2.35. The predicted molar refractivity (Wildman–Crippen MR) is 68.8 cm³/mol. The highest BCUT2D eigenvalue weighted by Crippen LogP contribution is 2.29. The second-order valence-corrected chi connectivity index (χ2v) is 5.53. The van der Waals surface area contributed by atoms with Crippen LogP contribution >= 0.6 is 0 Å². The van der Waals surface area contributed by atoms with Crippen molar-refractivity contribution in [3.63, 3.8) is 0 Å². The molecule has 2 N–H and O–H groups in total. The third kappa shape index (κ3) is 2.76. The predicted octanol–water partition coefficient (Wildman–Crippen LogP) is 1.87. The van der Waals surface area contributed by atoms with Gasteiger partial charge in [-0.3, -0.25) is 10.1 Å². The van der Waals surface area contributed by atoms with Gasteiger partial charge in [-0.15, -0.1) is 0 Å². The minimum atomic E-state index is -0.944. The summed E-state index contributed by atoms with van der Waals surface area (Å²) in [4.78, 5) is 23.2. The molecule has 0 aromatic heterocycles. The van der Waals surface area contributed by atoms with Crippen molar-refractivity contribution < 1.29 is 19.4 Å². The Bertz CT molecular complexity index is 531. The van der Waals surface area contributed by atoms with Crippen LogP contribution in [-0.4, -0.2) is 22.6 Å². The van der Waals surface area contributed by atoms with E-state index in [1.54, 1.807) is 39.0 Å². The topological polar surface area (TPSA) is 75.6 Å². The van der Waals surface area contributed by atoms with Crippen LogP contribution in [0, 0.1) is 0 Å². The van der Waals surface area contributed by atoms with Crippen LogP contribution in [0.3, 0.4) is 0 Å². The Morgan fingerprint density at radius 3 is 2.63 bits per heavy atom. The van der Waals surface area contributed by atoms with Gasteiger partial charge in [0.05, 0.1) is 5.56 Å². The smallest absolute Gasteiger partial charge is 0.338 e. The molecule has 1 aliphatic heterocycles. The average molecular weight is 263 g/mol. The summed E-state index contributed by atoms with van der Waals surface area (Å²) in [6, 6.07) is 4.32. The summed E-state index contributed by atoms with van der Waals surface area (Å²) in [5, 5.41) is 12.0. The highest BCUT2D eigenvalue weighted by molar-refractivity contribution is 5.93. The zero-order valence-corrected chi connectivity index (χ0v) is 11.2. The Morgan fingerprint density at radius 2 is 2.05 bits per heavy atom. The molecule has 102 valence electrons. The molecule has 5 heteroatoms. The zero-order valence-electron chi connectivity index (χ0n) is 11.2. The molecule has 1 heterocycles. The lowest BCUT2D eigenvalue weighted by atomic mass is 9.99. The van der Waals surface area contributed by atoms with Crippen LogP contribution in [0.1, 0.15) is 48.3 Å². The van der Waals surface area contributed by atoms with E-state index >= 15 is 0 Å². The highest BCUT2D eigenvalue weighted by Gasteiger charge is 2.31. The first-order valence-electron chi connectivity index (χ1n) is 6.11. The molecule has 1 aliphatic rings. The van der Waals surface area contributed by atoms with Gasteiger partial charge in [-0.1, -0.05) is 12.1 Å². The minimum Gasteiger partial charge on any atom is -0.480 e. The highest BCUT2D eigenvalue weighted by atomic mass is 16.6. The van der Waals surface area contributed by atoms with Gasteiger partial charge in [-0.05, 0) is 38.0 Å². The first kappa shape index (κ1) is 13.5. The van der Waals surface area contributed by atoms with E-state index in [-0.39, 0.29) is 0 Å². The van der Waals surface area contributed by atoms with Crippen molar-refractivity contribution >= 4 is 11.9 Å². The molecule has 1 aromatic carbocycles. The quantitative estimate of drug-likeness (QED) is 0.797. The summed E-state index contributed by atoms with van der Waals surface area (Å²) in [7, 11) is 0. The molecule has 19 heavy (non-hydrogen) atoms. The van der Waals surface area contributed by atoms with Crippen molar-refractivity contribution in [3.8, 4) is 0 Å². The molecule has 0 fully saturated rings. The first-order valence-corrected chi connectivity index (χ1v) is 6.11. The zero-order chi connectivity index (χ0) is 14.2. The van der Waals surface area contributed by atoms with Crippen molar-refractivity contribution in [2.24, 2.45) is 0 Å². The van der Waals surface area contributed by atoms with Crippen molar-refractivity contribution in [2.75, 3.05) is 0 Å². The second-order valence-electron chi connectivity index (χ2n) is 5.53. The fourth-order valence-electron chi connectivity index (χ4n) is 2.13. The number of benzene rings is 1. The molecule has 1 aromatic rings. The van der Waals surface area contributed by atoms with Gasteiger partial charge < -0.3 is 9.84 Å². The van der Waals surface area contributed by atoms with E-state index in [0.29, 0.717) is 23.2 Å². The summed E-state index contributed by atoms with van der Waals surface area (Å²) >= 11 is 0. The second kappa shape index (κ2) is 4.66. The number of carbonyl (C=O) groups is 2. The molecular formula is C14H17NO4. The summed E-state index contributed by atoms with van der Waals surface area (Å²) in [6.07, 6.45) is 0. The number of hydrogen-bond donors (Lipinski definition) is 2. The minimum absolute atomic E-state index is 0.363. The van der Waals surface area contributed by atoms with Gasteiger partial charge >= 0.3 is 11.9 Å². The Labute approximate surface area is 111 Å². The lowest BCUT2D eigenvalue weighted by Crippen LogP contribution is -2.24. The third-order valence-electron chi connectivity index (χ3n) is 2.87. The number of aliphatic carboxylic acids is 1. The normalized spacial score (nSPS) is 17.9. The number of hydrogen-bond acceptors (Lipinski definition) is 4. The number of rotatable bonds is 2. The van der Waals surface area contributed by atoms with Crippen molar-refractivity contribution in [1.82, 2.24) is 5.32 Å². The Morgan fingerprint density at radius 1 is 1.37 bits per heavy atom. The lowest BCUT2D eigenvalue weighted by Gasteiger charge is -2.20. The fraction of sp³-hybridized carbons (Fsp3) is 0.429. The van der Waals surface area contributed by atoms with Crippen LogP contribution in [0.15, 0.2) is 18.2 Å². The molecule has 0 bridgehead atoms. The standard InChI is InChI=1S/C14H17NO4/c1-14(2,3)19-13(18)9-6-4-5-8-10(9)7-15-11(8)12(16)17/h4-6,11,15H,7H2,1-3H3,(H,16,17)/t11-/m1/s1. The van der Waals surface area contributed by atoms with Crippen LogP contribution in [0.5, 0.6) is 0 Å².